The van der Waals surface area contributed by atoms with Crippen LogP contribution in [0.25, 0.3) is 11.0 Å². The van der Waals surface area contributed by atoms with Crippen molar-refractivity contribution in [1.29, 1.82) is 0 Å². The van der Waals surface area contributed by atoms with E-state index in [1.54, 1.807) is 30.3 Å². The third-order valence-corrected chi connectivity index (χ3v) is 6.70. The fourth-order valence-electron chi connectivity index (χ4n) is 3.04. The highest BCUT2D eigenvalue weighted by Crippen LogP contribution is 2.29. The molecule has 156 valence electrons. The minimum atomic E-state index is -3.36. The molecule has 0 aliphatic heterocycles. The van der Waals surface area contributed by atoms with E-state index in [0.29, 0.717) is 52.9 Å². The topological polar surface area (TPSA) is 134 Å². The molecule has 3 aromatic rings. The van der Waals surface area contributed by atoms with Gasteiger partial charge < -0.3 is 10.3 Å². The van der Waals surface area contributed by atoms with Crippen LogP contribution in [0.2, 0.25) is 0 Å². The molecule has 0 atom stereocenters. The number of amides is 1. The van der Waals surface area contributed by atoms with Crippen molar-refractivity contribution in [3.05, 3.63) is 63.8 Å². The van der Waals surface area contributed by atoms with Gasteiger partial charge in [0.1, 0.15) is 5.69 Å². The lowest BCUT2D eigenvalue weighted by Gasteiger charge is -2.09. The first kappa shape index (κ1) is 20.0. The van der Waals surface area contributed by atoms with E-state index in [4.69, 9.17) is 0 Å². The van der Waals surface area contributed by atoms with Crippen molar-refractivity contribution in [2.24, 2.45) is 0 Å². The molecular formula is C20H21N5O4S. The van der Waals surface area contributed by atoms with Gasteiger partial charge in [-0.05, 0) is 49.6 Å². The quantitative estimate of drug-likeness (QED) is 0.526. The maximum Gasteiger partial charge on any atom is 0.270 e. The number of benzene rings is 1. The SMILES string of the molecule is CCc1nc2ccc(C(=O)NCc3cc(NS(=O)(=O)C4CC4)ccn3)cc2[nH]c1=O. The van der Waals surface area contributed by atoms with E-state index in [9.17, 15) is 18.0 Å². The molecule has 0 bridgehead atoms. The van der Waals surface area contributed by atoms with Crippen molar-refractivity contribution in [1.82, 2.24) is 20.3 Å². The number of aromatic nitrogens is 3. The molecule has 1 saturated carbocycles. The molecule has 1 amide bonds. The Morgan fingerprint density at radius 1 is 1.23 bits per heavy atom. The highest BCUT2D eigenvalue weighted by atomic mass is 32.2. The van der Waals surface area contributed by atoms with Crippen molar-refractivity contribution >= 4 is 32.7 Å². The van der Waals surface area contributed by atoms with E-state index in [-0.39, 0.29) is 23.3 Å². The molecule has 0 spiro atoms. The Morgan fingerprint density at radius 3 is 2.77 bits per heavy atom. The van der Waals surface area contributed by atoms with Crippen LogP contribution in [0.5, 0.6) is 0 Å². The van der Waals surface area contributed by atoms with E-state index in [1.165, 1.54) is 6.20 Å². The number of nitrogens with zero attached hydrogens (tertiary/aromatic N) is 2. The smallest absolute Gasteiger partial charge is 0.270 e. The Kier molecular flexibility index (Phi) is 5.25. The molecule has 0 radical (unpaired) electrons. The summed E-state index contributed by atoms with van der Waals surface area (Å²) in [5.41, 5.74) is 2.58. The molecule has 2 heterocycles. The van der Waals surface area contributed by atoms with Crippen LogP contribution in [0.15, 0.2) is 41.3 Å². The third kappa shape index (κ3) is 4.33. The van der Waals surface area contributed by atoms with Gasteiger partial charge in [0.15, 0.2) is 0 Å². The standard InChI is InChI=1S/C20H21N5O4S/c1-2-16-20(27)24-18-9-12(3-6-17(18)23-16)19(26)22-11-14-10-13(7-8-21-14)25-30(28,29)15-4-5-15/h3,6-10,15H,2,4-5,11H2,1H3,(H,21,25)(H,22,26)(H,24,27). The largest absolute Gasteiger partial charge is 0.346 e. The van der Waals surface area contributed by atoms with Gasteiger partial charge in [0.2, 0.25) is 10.0 Å². The zero-order valence-corrected chi connectivity index (χ0v) is 17.1. The average Bonchev–Trinajstić information content (AvgIpc) is 3.57. The second-order valence-electron chi connectivity index (χ2n) is 7.16. The van der Waals surface area contributed by atoms with Gasteiger partial charge in [-0.1, -0.05) is 6.92 Å². The van der Waals surface area contributed by atoms with Gasteiger partial charge in [-0.15, -0.1) is 0 Å². The molecule has 1 aliphatic rings. The third-order valence-electron chi connectivity index (χ3n) is 4.83. The number of rotatable bonds is 7. The fourth-order valence-corrected chi connectivity index (χ4v) is 4.42. The molecular weight excluding hydrogens is 406 g/mol. The zero-order valence-electron chi connectivity index (χ0n) is 16.3. The molecule has 1 fully saturated rings. The summed E-state index contributed by atoms with van der Waals surface area (Å²) < 4.78 is 26.7. The minimum absolute atomic E-state index is 0.124. The number of aryl methyl sites for hydroxylation is 1. The first-order valence-electron chi connectivity index (χ1n) is 9.63. The molecule has 0 saturated heterocycles. The summed E-state index contributed by atoms with van der Waals surface area (Å²) in [6, 6.07) is 8.06. The summed E-state index contributed by atoms with van der Waals surface area (Å²) in [5.74, 6) is -0.344. The van der Waals surface area contributed by atoms with E-state index in [2.05, 4.69) is 25.0 Å². The van der Waals surface area contributed by atoms with Crippen molar-refractivity contribution in [3.63, 3.8) is 0 Å². The van der Waals surface area contributed by atoms with Crippen molar-refractivity contribution < 1.29 is 13.2 Å². The fraction of sp³-hybridized carbons (Fsp3) is 0.300. The lowest BCUT2D eigenvalue weighted by Crippen LogP contribution is -2.24. The number of H-pyrrole nitrogens is 1. The van der Waals surface area contributed by atoms with E-state index in [1.807, 2.05) is 6.92 Å². The molecule has 3 N–H and O–H groups in total. The second kappa shape index (κ2) is 7.86. The van der Waals surface area contributed by atoms with Gasteiger partial charge >= 0.3 is 0 Å². The number of anilines is 1. The Morgan fingerprint density at radius 2 is 2.03 bits per heavy atom. The van der Waals surface area contributed by atoms with Gasteiger partial charge in [0.05, 0.1) is 34.2 Å². The number of pyridine rings is 1. The highest BCUT2D eigenvalue weighted by molar-refractivity contribution is 7.93. The monoisotopic (exact) mass is 427 g/mol. The number of carbonyl (C=O) groups is 1. The van der Waals surface area contributed by atoms with Crippen LogP contribution < -0.4 is 15.6 Å². The van der Waals surface area contributed by atoms with Crippen LogP contribution in [0.3, 0.4) is 0 Å². The molecule has 1 aliphatic carbocycles. The summed E-state index contributed by atoms with van der Waals surface area (Å²) in [6.07, 6.45) is 3.37. The highest BCUT2D eigenvalue weighted by Gasteiger charge is 2.35. The predicted molar refractivity (Wildman–Crippen MR) is 113 cm³/mol. The van der Waals surface area contributed by atoms with Crippen LogP contribution in [0.1, 0.15) is 41.5 Å². The zero-order chi connectivity index (χ0) is 21.3. The van der Waals surface area contributed by atoms with Crippen LogP contribution in [-0.2, 0) is 23.0 Å². The molecule has 0 unspecified atom stereocenters. The van der Waals surface area contributed by atoms with Crippen molar-refractivity contribution in [2.75, 3.05) is 4.72 Å². The normalized spacial score (nSPS) is 13.9. The van der Waals surface area contributed by atoms with Gasteiger partial charge in [0.25, 0.3) is 11.5 Å². The lowest BCUT2D eigenvalue weighted by molar-refractivity contribution is 0.0950. The number of sulfonamides is 1. The molecule has 10 heteroatoms. The summed E-state index contributed by atoms with van der Waals surface area (Å²) in [5, 5.41) is 2.43. The number of fused-ring (bicyclic) bond motifs is 1. The van der Waals surface area contributed by atoms with Gasteiger partial charge in [0, 0.05) is 11.8 Å². The van der Waals surface area contributed by atoms with Crippen molar-refractivity contribution in [2.45, 2.75) is 38.0 Å². The Bertz CT molecular complexity index is 1280. The number of aromatic amines is 1. The minimum Gasteiger partial charge on any atom is -0.346 e. The predicted octanol–water partition coefficient (Wildman–Crippen LogP) is 1.71. The Hall–Kier alpha value is -3.27. The first-order valence-corrected chi connectivity index (χ1v) is 11.2. The lowest BCUT2D eigenvalue weighted by atomic mass is 10.1. The maximum atomic E-state index is 12.5. The molecule has 4 rings (SSSR count). The number of hydrogen-bond acceptors (Lipinski definition) is 6. The molecule has 30 heavy (non-hydrogen) atoms. The van der Waals surface area contributed by atoms with E-state index >= 15 is 0 Å². The van der Waals surface area contributed by atoms with Gasteiger partial charge in [-0.25, -0.2) is 13.4 Å². The maximum absolute atomic E-state index is 12.5. The Labute approximate surface area is 173 Å². The molecule has 2 aromatic heterocycles. The van der Waals surface area contributed by atoms with Crippen LogP contribution >= 0.6 is 0 Å². The summed E-state index contributed by atoms with van der Waals surface area (Å²) in [7, 11) is -3.36. The first-order chi connectivity index (χ1) is 14.4. The summed E-state index contributed by atoms with van der Waals surface area (Å²) in [6.45, 7) is 1.98. The number of hydrogen-bond donors (Lipinski definition) is 3. The van der Waals surface area contributed by atoms with Gasteiger partial charge in [-0.3, -0.25) is 19.3 Å². The van der Waals surface area contributed by atoms with E-state index in [0.717, 1.165) is 0 Å². The molecule has 1 aromatic carbocycles. The molecule has 9 nitrogen and oxygen atoms in total. The Balaban J connectivity index is 1.45. The average molecular weight is 427 g/mol. The summed E-state index contributed by atoms with van der Waals surface area (Å²) >= 11 is 0. The van der Waals surface area contributed by atoms with Crippen molar-refractivity contribution in [3.8, 4) is 0 Å². The summed E-state index contributed by atoms with van der Waals surface area (Å²) in [4.78, 5) is 35.7. The second-order valence-corrected chi connectivity index (χ2v) is 9.12. The van der Waals surface area contributed by atoms with Crippen LogP contribution in [-0.4, -0.2) is 34.5 Å². The van der Waals surface area contributed by atoms with Gasteiger partial charge in [-0.2, -0.15) is 0 Å². The number of carbonyl (C=O) groups excluding carboxylic acids is 1. The van der Waals surface area contributed by atoms with Crippen LogP contribution in [0, 0.1) is 0 Å². The number of nitrogens with one attached hydrogen (secondary N) is 3. The van der Waals surface area contributed by atoms with E-state index < -0.39 is 10.0 Å². The van der Waals surface area contributed by atoms with Crippen LogP contribution in [0.4, 0.5) is 5.69 Å².